The lowest BCUT2D eigenvalue weighted by atomic mass is 9.84. The molecular formula is C20H28O2. The number of carbonyl (C=O) groups is 1. The van der Waals surface area contributed by atoms with Crippen molar-refractivity contribution in [3.8, 4) is 5.75 Å². The molecule has 0 bridgehead atoms. The molecule has 1 aromatic carbocycles. The van der Waals surface area contributed by atoms with Crippen molar-refractivity contribution in [3.05, 3.63) is 35.9 Å². The first-order chi connectivity index (χ1) is 10.7. The van der Waals surface area contributed by atoms with Gasteiger partial charge in [-0.25, -0.2) is 0 Å². The van der Waals surface area contributed by atoms with Crippen molar-refractivity contribution >= 4 is 11.5 Å². The Morgan fingerprint density at radius 1 is 1.18 bits per heavy atom. The molecule has 1 unspecified atom stereocenters. The number of carbonyl (C=O) groups excluding carboxylic acids is 1. The lowest BCUT2D eigenvalue weighted by Gasteiger charge is -2.21. The standard InChI is InChI=1S/C20H28O2/c1-3-5-7-20(21)22-19-14-12-18(13-15-19)17-10-8-16(6-4-2)9-11-17/h10,12-16H,3-9,11H2,1-2H3. The van der Waals surface area contributed by atoms with Crippen LogP contribution in [0.1, 0.15) is 70.8 Å². The highest BCUT2D eigenvalue weighted by molar-refractivity contribution is 5.73. The van der Waals surface area contributed by atoms with Gasteiger partial charge in [-0.1, -0.05) is 51.3 Å². The second kappa shape index (κ2) is 8.77. The van der Waals surface area contributed by atoms with E-state index in [1.165, 1.54) is 43.2 Å². The van der Waals surface area contributed by atoms with Gasteiger partial charge in [-0.3, -0.25) is 4.79 Å². The molecule has 0 saturated carbocycles. The molecule has 22 heavy (non-hydrogen) atoms. The number of ether oxygens (including phenoxy) is 1. The van der Waals surface area contributed by atoms with Crippen molar-refractivity contribution < 1.29 is 9.53 Å². The molecule has 0 radical (unpaired) electrons. The fraction of sp³-hybridized carbons (Fsp3) is 0.550. The van der Waals surface area contributed by atoms with E-state index in [0.717, 1.165) is 18.8 Å². The number of unbranched alkanes of at least 4 members (excludes halogenated alkanes) is 1. The van der Waals surface area contributed by atoms with E-state index in [9.17, 15) is 4.79 Å². The van der Waals surface area contributed by atoms with Crippen LogP contribution < -0.4 is 4.74 Å². The lowest BCUT2D eigenvalue weighted by molar-refractivity contribution is -0.134. The van der Waals surface area contributed by atoms with Gasteiger partial charge in [0, 0.05) is 6.42 Å². The summed E-state index contributed by atoms with van der Waals surface area (Å²) in [5, 5.41) is 0. The quantitative estimate of drug-likeness (QED) is 0.472. The van der Waals surface area contributed by atoms with E-state index in [1.54, 1.807) is 0 Å². The zero-order chi connectivity index (χ0) is 15.8. The van der Waals surface area contributed by atoms with Crippen LogP contribution in [-0.2, 0) is 4.79 Å². The van der Waals surface area contributed by atoms with Gasteiger partial charge < -0.3 is 4.74 Å². The second-order valence-corrected chi connectivity index (χ2v) is 6.26. The Kier molecular flexibility index (Phi) is 6.70. The van der Waals surface area contributed by atoms with Gasteiger partial charge in [0.25, 0.3) is 0 Å². The molecule has 1 atom stereocenters. The normalized spacial score (nSPS) is 17.9. The highest BCUT2D eigenvalue weighted by Gasteiger charge is 2.14. The van der Waals surface area contributed by atoms with Gasteiger partial charge in [-0.2, -0.15) is 0 Å². The monoisotopic (exact) mass is 300 g/mol. The Hall–Kier alpha value is -1.57. The van der Waals surface area contributed by atoms with Gasteiger partial charge in [-0.05, 0) is 54.9 Å². The molecule has 0 spiro atoms. The van der Waals surface area contributed by atoms with Crippen LogP contribution in [0.4, 0.5) is 0 Å². The third kappa shape index (κ3) is 5.01. The Balaban J connectivity index is 1.90. The number of esters is 1. The van der Waals surface area contributed by atoms with E-state index in [-0.39, 0.29) is 5.97 Å². The maximum atomic E-state index is 11.6. The van der Waals surface area contributed by atoms with Gasteiger partial charge in [0.1, 0.15) is 5.75 Å². The summed E-state index contributed by atoms with van der Waals surface area (Å²) in [4.78, 5) is 11.6. The van der Waals surface area contributed by atoms with Crippen molar-refractivity contribution in [1.82, 2.24) is 0 Å². The minimum Gasteiger partial charge on any atom is -0.427 e. The summed E-state index contributed by atoms with van der Waals surface area (Å²) in [6.07, 6.45) is 11.1. The van der Waals surface area contributed by atoms with Crippen molar-refractivity contribution in [2.45, 2.75) is 65.2 Å². The minimum atomic E-state index is -0.131. The van der Waals surface area contributed by atoms with Crippen LogP contribution in [0.3, 0.4) is 0 Å². The van der Waals surface area contributed by atoms with Crippen LogP contribution in [0.25, 0.3) is 5.57 Å². The van der Waals surface area contributed by atoms with Gasteiger partial charge in [0.15, 0.2) is 0 Å². The highest BCUT2D eigenvalue weighted by atomic mass is 16.5. The van der Waals surface area contributed by atoms with Crippen LogP contribution in [0, 0.1) is 5.92 Å². The van der Waals surface area contributed by atoms with Crippen molar-refractivity contribution in [3.63, 3.8) is 0 Å². The summed E-state index contributed by atoms with van der Waals surface area (Å²) in [5.74, 6) is 1.39. The van der Waals surface area contributed by atoms with Gasteiger partial charge >= 0.3 is 5.97 Å². The summed E-state index contributed by atoms with van der Waals surface area (Å²) in [6.45, 7) is 4.34. The minimum absolute atomic E-state index is 0.131. The molecule has 0 fully saturated rings. The van der Waals surface area contributed by atoms with Crippen molar-refractivity contribution in [2.75, 3.05) is 0 Å². The molecule has 0 heterocycles. The fourth-order valence-corrected chi connectivity index (χ4v) is 3.06. The predicted molar refractivity (Wildman–Crippen MR) is 91.8 cm³/mol. The summed E-state index contributed by atoms with van der Waals surface area (Å²) in [5.41, 5.74) is 2.71. The highest BCUT2D eigenvalue weighted by Crippen LogP contribution is 2.32. The summed E-state index contributed by atoms with van der Waals surface area (Å²) < 4.78 is 5.35. The van der Waals surface area contributed by atoms with Crippen LogP contribution in [0.2, 0.25) is 0 Å². The van der Waals surface area contributed by atoms with Crippen LogP contribution in [0.15, 0.2) is 30.3 Å². The maximum absolute atomic E-state index is 11.6. The molecule has 0 amide bonds. The number of benzene rings is 1. The van der Waals surface area contributed by atoms with Gasteiger partial charge in [0.05, 0.1) is 0 Å². The summed E-state index contributed by atoms with van der Waals surface area (Å²) >= 11 is 0. The number of hydrogen-bond donors (Lipinski definition) is 0. The first-order valence-electron chi connectivity index (χ1n) is 8.73. The van der Waals surface area contributed by atoms with E-state index in [0.29, 0.717) is 12.2 Å². The largest absolute Gasteiger partial charge is 0.427 e. The fourth-order valence-electron chi connectivity index (χ4n) is 3.06. The smallest absolute Gasteiger partial charge is 0.311 e. The average molecular weight is 300 g/mol. The molecule has 2 heteroatoms. The third-order valence-corrected chi connectivity index (χ3v) is 4.41. The second-order valence-electron chi connectivity index (χ2n) is 6.26. The Morgan fingerprint density at radius 3 is 2.55 bits per heavy atom. The zero-order valence-electron chi connectivity index (χ0n) is 13.9. The molecule has 0 N–H and O–H groups in total. The molecule has 0 aromatic heterocycles. The Labute approximate surface area is 134 Å². The van der Waals surface area contributed by atoms with E-state index in [4.69, 9.17) is 4.74 Å². The van der Waals surface area contributed by atoms with E-state index in [2.05, 4.69) is 32.1 Å². The molecule has 0 aliphatic heterocycles. The van der Waals surface area contributed by atoms with E-state index < -0.39 is 0 Å². The third-order valence-electron chi connectivity index (χ3n) is 4.41. The Bertz CT molecular complexity index is 499. The number of rotatable bonds is 7. The molecule has 120 valence electrons. The number of hydrogen-bond acceptors (Lipinski definition) is 2. The molecule has 2 nitrogen and oxygen atoms in total. The molecular weight excluding hydrogens is 272 g/mol. The molecule has 0 saturated heterocycles. The van der Waals surface area contributed by atoms with E-state index >= 15 is 0 Å². The first kappa shape index (κ1) is 16.8. The molecule has 1 aliphatic carbocycles. The van der Waals surface area contributed by atoms with Crippen LogP contribution in [0.5, 0.6) is 5.75 Å². The van der Waals surface area contributed by atoms with Crippen LogP contribution >= 0.6 is 0 Å². The molecule has 1 aliphatic rings. The average Bonchev–Trinajstić information content (AvgIpc) is 2.55. The summed E-state index contributed by atoms with van der Waals surface area (Å²) in [6, 6.07) is 7.99. The lowest BCUT2D eigenvalue weighted by Crippen LogP contribution is -2.07. The van der Waals surface area contributed by atoms with Crippen molar-refractivity contribution in [1.29, 1.82) is 0 Å². The topological polar surface area (TPSA) is 26.3 Å². The maximum Gasteiger partial charge on any atom is 0.311 e. The molecule has 1 aromatic rings. The SMILES string of the molecule is CCCCC(=O)Oc1ccc(C2=CCC(CCC)CC2)cc1. The van der Waals surface area contributed by atoms with Gasteiger partial charge in [0.2, 0.25) is 0 Å². The summed E-state index contributed by atoms with van der Waals surface area (Å²) in [7, 11) is 0. The molecule has 2 rings (SSSR count). The van der Waals surface area contributed by atoms with Crippen molar-refractivity contribution in [2.24, 2.45) is 5.92 Å². The van der Waals surface area contributed by atoms with Gasteiger partial charge in [-0.15, -0.1) is 0 Å². The number of allylic oxidation sites excluding steroid dienone is 2. The van der Waals surface area contributed by atoms with E-state index in [1.807, 2.05) is 12.1 Å². The zero-order valence-corrected chi connectivity index (χ0v) is 13.9. The van der Waals surface area contributed by atoms with Crippen LogP contribution in [-0.4, -0.2) is 5.97 Å². The predicted octanol–water partition coefficient (Wildman–Crippen LogP) is 5.77. The Morgan fingerprint density at radius 2 is 1.95 bits per heavy atom. The first-order valence-corrected chi connectivity index (χ1v) is 8.73.